The van der Waals surface area contributed by atoms with Crippen LogP contribution in [-0.2, 0) is 15.7 Å². The Morgan fingerprint density at radius 1 is 1.05 bits per heavy atom. The monoisotopic (exact) mass is 606 g/mol. The predicted octanol–water partition coefficient (Wildman–Crippen LogP) is 6.76. The Morgan fingerprint density at radius 2 is 1.74 bits per heavy atom. The fourth-order valence-electron chi connectivity index (χ4n) is 3.98. The smallest absolute Gasteiger partial charge is 0.417 e. The van der Waals surface area contributed by atoms with Crippen molar-refractivity contribution >= 4 is 46.3 Å². The summed E-state index contributed by atoms with van der Waals surface area (Å²) in [6.07, 6.45) is -4.50. The number of rotatable bonds is 4. The number of amides is 1. The molecule has 0 saturated carbocycles. The molecule has 0 atom stereocenters. The first-order valence-corrected chi connectivity index (χ1v) is 12.6. The second-order valence-corrected chi connectivity index (χ2v) is 10.4. The van der Waals surface area contributed by atoms with Crippen molar-refractivity contribution in [2.45, 2.75) is 32.5 Å². The van der Waals surface area contributed by atoms with Crippen molar-refractivity contribution in [1.29, 1.82) is 0 Å². The molecule has 2 aromatic carbocycles. The number of fused-ring (bicyclic) bond motifs is 1. The van der Waals surface area contributed by atoms with Crippen LogP contribution < -0.4 is 4.90 Å². The van der Waals surface area contributed by atoms with Crippen molar-refractivity contribution in [2.24, 2.45) is 0 Å². The van der Waals surface area contributed by atoms with Gasteiger partial charge in [-0.3, -0.25) is 14.7 Å². The number of benzene rings is 2. The zero-order valence-electron chi connectivity index (χ0n) is 22.8. The van der Waals surface area contributed by atoms with Crippen LogP contribution in [0.3, 0.4) is 0 Å². The number of hydrogen-bond donors (Lipinski definition) is 0. The lowest BCUT2D eigenvalue weighted by Gasteiger charge is -2.24. The van der Waals surface area contributed by atoms with Gasteiger partial charge in [0.05, 0.1) is 46.2 Å². The maximum atomic E-state index is 15.2. The van der Waals surface area contributed by atoms with Gasteiger partial charge in [-0.15, -0.1) is 0 Å². The van der Waals surface area contributed by atoms with E-state index in [1.165, 1.54) is 31.4 Å². The van der Waals surface area contributed by atoms with Gasteiger partial charge in [-0.25, -0.2) is 14.0 Å². The third-order valence-corrected chi connectivity index (χ3v) is 6.25. The van der Waals surface area contributed by atoms with E-state index in [-0.39, 0.29) is 33.5 Å². The zero-order chi connectivity index (χ0) is 31.1. The number of esters is 1. The maximum absolute atomic E-state index is 15.2. The summed E-state index contributed by atoms with van der Waals surface area (Å²) in [5.41, 5.74) is -3.76. The molecule has 0 spiro atoms. The highest BCUT2D eigenvalue weighted by molar-refractivity contribution is 6.34. The van der Waals surface area contributed by atoms with Crippen LogP contribution in [0, 0.1) is 5.82 Å². The van der Waals surface area contributed by atoms with Crippen LogP contribution in [0.2, 0.25) is 5.02 Å². The van der Waals surface area contributed by atoms with Crippen molar-refractivity contribution < 1.29 is 41.4 Å². The van der Waals surface area contributed by atoms with Gasteiger partial charge in [0.25, 0.3) is 5.91 Å². The van der Waals surface area contributed by atoms with E-state index >= 15 is 4.39 Å². The van der Waals surface area contributed by atoms with Crippen LogP contribution in [0.1, 0.15) is 47.1 Å². The Hall–Kier alpha value is -4.52. The largest absolute Gasteiger partial charge is 0.465 e. The number of methoxy groups -OCH3 is 1. The van der Waals surface area contributed by atoms with Gasteiger partial charge in [-0.05, 0) is 57.2 Å². The number of ether oxygens (including phenoxy) is 2. The summed E-state index contributed by atoms with van der Waals surface area (Å²) >= 11 is 6.08. The molecule has 2 aromatic heterocycles. The lowest BCUT2D eigenvalue weighted by Crippen LogP contribution is -2.34. The lowest BCUT2D eigenvalue weighted by atomic mass is 10.1. The van der Waals surface area contributed by atoms with Crippen molar-refractivity contribution in [3.8, 4) is 11.3 Å². The van der Waals surface area contributed by atoms with Gasteiger partial charge in [-0.1, -0.05) is 17.7 Å². The van der Waals surface area contributed by atoms with E-state index in [0.717, 1.165) is 30.2 Å². The highest BCUT2D eigenvalue weighted by Gasteiger charge is 2.37. The molecule has 0 N–H and O–H groups in total. The summed E-state index contributed by atoms with van der Waals surface area (Å²) in [7, 11) is 2.48. The average molecular weight is 607 g/mol. The van der Waals surface area contributed by atoms with E-state index in [9.17, 15) is 27.6 Å². The third kappa shape index (κ3) is 5.91. The summed E-state index contributed by atoms with van der Waals surface area (Å²) in [6, 6.07) is 7.44. The Labute approximate surface area is 241 Å². The molecule has 0 bridgehead atoms. The summed E-state index contributed by atoms with van der Waals surface area (Å²) in [4.78, 5) is 43.6. The number of alkyl halides is 3. The number of carbonyl (C=O) groups excluding carboxylic acids is 3. The molecule has 0 aliphatic carbocycles. The molecule has 1 amide bonds. The molecular weight excluding hydrogens is 584 g/mol. The SMILES string of the molecule is COC(=O)c1ccc(-c2nn(C(=O)c3c(Cl)cccc3C(F)(F)F)c3cc(N(C)C(=O)OC(C)(C)C)cnc23)c(F)c1. The second kappa shape index (κ2) is 11.0. The van der Waals surface area contributed by atoms with E-state index in [2.05, 4.69) is 14.8 Å². The van der Waals surface area contributed by atoms with Gasteiger partial charge in [0, 0.05) is 12.6 Å². The minimum atomic E-state index is -4.95. The van der Waals surface area contributed by atoms with Crippen LogP contribution in [0.25, 0.3) is 22.3 Å². The topological polar surface area (TPSA) is 104 Å². The number of hydrogen-bond acceptors (Lipinski definition) is 7. The highest BCUT2D eigenvalue weighted by atomic mass is 35.5. The Kier molecular flexibility index (Phi) is 8.00. The molecule has 0 unspecified atom stereocenters. The number of nitrogens with zero attached hydrogens (tertiary/aromatic N) is 4. The van der Waals surface area contributed by atoms with Crippen LogP contribution >= 0.6 is 11.6 Å². The van der Waals surface area contributed by atoms with Crippen LogP contribution in [-0.4, -0.2) is 52.5 Å². The van der Waals surface area contributed by atoms with Gasteiger partial charge in [0.1, 0.15) is 22.6 Å². The van der Waals surface area contributed by atoms with Crippen molar-refractivity contribution in [3.05, 3.63) is 76.2 Å². The quantitative estimate of drug-likeness (QED) is 0.187. The predicted molar refractivity (Wildman–Crippen MR) is 145 cm³/mol. The highest BCUT2D eigenvalue weighted by Crippen LogP contribution is 2.37. The van der Waals surface area contributed by atoms with Crippen molar-refractivity contribution in [2.75, 3.05) is 19.1 Å². The third-order valence-electron chi connectivity index (χ3n) is 5.93. The molecule has 4 rings (SSSR count). The number of halogens is 5. The van der Waals surface area contributed by atoms with Gasteiger partial charge in [0.15, 0.2) is 0 Å². The molecule has 0 radical (unpaired) electrons. The number of aromatic nitrogens is 3. The number of anilines is 1. The first-order valence-electron chi connectivity index (χ1n) is 12.2. The molecule has 0 saturated heterocycles. The first kappa shape index (κ1) is 30.4. The fourth-order valence-corrected chi connectivity index (χ4v) is 4.23. The Bertz CT molecular complexity index is 1730. The molecule has 220 valence electrons. The molecule has 9 nitrogen and oxygen atoms in total. The number of carbonyl (C=O) groups is 3. The van der Waals surface area contributed by atoms with Gasteiger partial charge < -0.3 is 9.47 Å². The number of pyridine rings is 1. The van der Waals surface area contributed by atoms with Crippen molar-refractivity contribution in [1.82, 2.24) is 14.8 Å². The van der Waals surface area contributed by atoms with Gasteiger partial charge >= 0.3 is 18.2 Å². The van der Waals surface area contributed by atoms with E-state index in [4.69, 9.17) is 16.3 Å². The summed E-state index contributed by atoms with van der Waals surface area (Å²) < 4.78 is 67.4. The lowest BCUT2D eigenvalue weighted by molar-refractivity contribution is -0.137. The zero-order valence-corrected chi connectivity index (χ0v) is 23.6. The normalized spacial score (nSPS) is 11.9. The van der Waals surface area contributed by atoms with E-state index in [1.54, 1.807) is 20.8 Å². The molecule has 14 heteroatoms. The maximum Gasteiger partial charge on any atom is 0.417 e. The molecular formula is C28H23ClF4N4O5. The Balaban J connectivity index is 1.97. The molecule has 42 heavy (non-hydrogen) atoms. The molecule has 4 aromatic rings. The fraction of sp³-hybridized carbons (Fsp3) is 0.250. The van der Waals surface area contributed by atoms with Crippen LogP contribution in [0.15, 0.2) is 48.7 Å². The summed E-state index contributed by atoms with van der Waals surface area (Å²) in [5.74, 6) is -3.03. The van der Waals surface area contributed by atoms with Crippen LogP contribution in [0.5, 0.6) is 0 Å². The standard InChI is InChI=1S/C28H23ClF4N4O5/c1-27(2,3)42-26(40)36(4)15-12-20-23(34-13-15)22(16-10-9-14(11-19(16)30)25(39)41-5)35-37(20)24(38)21-17(28(31,32)33)7-6-8-18(21)29/h6-13H,1-5H3. The van der Waals surface area contributed by atoms with Gasteiger partial charge in [-0.2, -0.15) is 23.0 Å². The van der Waals surface area contributed by atoms with Gasteiger partial charge in [0.2, 0.25) is 0 Å². The average Bonchev–Trinajstić information content (AvgIpc) is 3.28. The summed E-state index contributed by atoms with van der Waals surface area (Å²) in [6.45, 7) is 4.96. The van der Waals surface area contributed by atoms with E-state index in [0.29, 0.717) is 10.7 Å². The summed E-state index contributed by atoms with van der Waals surface area (Å²) in [5, 5.41) is 3.65. The first-order chi connectivity index (χ1) is 19.5. The van der Waals surface area contributed by atoms with E-state index < -0.39 is 51.7 Å². The van der Waals surface area contributed by atoms with E-state index in [1.807, 2.05) is 0 Å². The Morgan fingerprint density at radius 3 is 2.33 bits per heavy atom. The molecule has 0 aliphatic heterocycles. The van der Waals surface area contributed by atoms with Crippen molar-refractivity contribution in [3.63, 3.8) is 0 Å². The second-order valence-electron chi connectivity index (χ2n) is 10.0. The molecule has 0 fully saturated rings. The minimum absolute atomic E-state index is 0.0879. The minimum Gasteiger partial charge on any atom is -0.465 e. The molecule has 0 aliphatic rings. The molecule has 2 heterocycles. The van der Waals surface area contributed by atoms with Crippen LogP contribution in [0.4, 0.5) is 28.0 Å².